The number of carbonyl (C=O) groups excluding carboxylic acids is 1. The van der Waals surface area contributed by atoms with E-state index in [2.05, 4.69) is 5.32 Å². The van der Waals surface area contributed by atoms with Crippen LogP contribution in [0.3, 0.4) is 0 Å². The molecule has 0 saturated heterocycles. The fraction of sp³-hybridized carbons (Fsp3) is 0.400. The third-order valence-corrected chi connectivity index (χ3v) is 3.30. The molecule has 0 fully saturated rings. The SMILES string of the molecule is CCCC(C)(NC(=O)N(C)c1ccccc1C#N)C(=O)O. The van der Waals surface area contributed by atoms with Gasteiger partial charge in [0, 0.05) is 7.05 Å². The van der Waals surface area contributed by atoms with Crippen LogP contribution in [0.25, 0.3) is 0 Å². The smallest absolute Gasteiger partial charge is 0.329 e. The molecule has 21 heavy (non-hydrogen) atoms. The number of benzene rings is 1. The van der Waals surface area contributed by atoms with Gasteiger partial charge >= 0.3 is 12.0 Å². The molecule has 2 N–H and O–H groups in total. The first-order valence-electron chi connectivity index (χ1n) is 6.64. The van der Waals surface area contributed by atoms with Gasteiger partial charge < -0.3 is 10.4 Å². The van der Waals surface area contributed by atoms with Gasteiger partial charge in [0.2, 0.25) is 0 Å². The Morgan fingerprint density at radius 3 is 2.57 bits per heavy atom. The predicted octanol–water partition coefficient (Wildman–Crippen LogP) is 2.35. The van der Waals surface area contributed by atoms with Crippen molar-refractivity contribution in [3.8, 4) is 6.07 Å². The number of hydrogen-bond donors (Lipinski definition) is 2. The molecule has 1 atom stereocenters. The number of carboxylic acid groups (broad SMARTS) is 1. The number of rotatable bonds is 5. The summed E-state index contributed by atoms with van der Waals surface area (Å²) < 4.78 is 0. The summed E-state index contributed by atoms with van der Waals surface area (Å²) in [5.41, 5.74) is -0.550. The maximum absolute atomic E-state index is 12.2. The highest BCUT2D eigenvalue weighted by atomic mass is 16.4. The summed E-state index contributed by atoms with van der Waals surface area (Å²) in [6.45, 7) is 3.32. The van der Waals surface area contributed by atoms with Crippen LogP contribution in [0, 0.1) is 11.3 Å². The van der Waals surface area contributed by atoms with Crippen LogP contribution >= 0.6 is 0 Å². The maximum atomic E-state index is 12.2. The highest BCUT2D eigenvalue weighted by Crippen LogP contribution is 2.20. The van der Waals surface area contributed by atoms with Gasteiger partial charge in [-0.2, -0.15) is 5.26 Å². The van der Waals surface area contributed by atoms with Crippen LogP contribution in [-0.2, 0) is 4.79 Å². The standard InChI is InChI=1S/C15H19N3O3/c1-4-9-15(2,13(19)20)17-14(21)18(3)12-8-6-5-7-11(12)10-16/h5-8H,4,9H2,1-3H3,(H,17,21)(H,19,20). The van der Waals surface area contributed by atoms with Crippen LogP contribution in [0.5, 0.6) is 0 Å². The van der Waals surface area contributed by atoms with E-state index in [4.69, 9.17) is 5.26 Å². The summed E-state index contributed by atoms with van der Waals surface area (Å²) in [4.78, 5) is 24.8. The molecule has 1 aromatic carbocycles. The predicted molar refractivity (Wildman–Crippen MR) is 79.0 cm³/mol. The number of urea groups is 1. The van der Waals surface area contributed by atoms with E-state index in [1.807, 2.05) is 13.0 Å². The first-order chi connectivity index (χ1) is 9.85. The first kappa shape index (κ1) is 16.5. The Hall–Kier alpha value is -2.55. The Labute approximate surface area is 124 Å². The van der Waals surface area contributed by atoms with Crippen molar-refractivity contribution in [3.63, 3.8) is 0 Å². The van der Waals surface area contributed by atoms with Gasteiger partial charge in [0.05, 0.1) is 11.3 Å². The van der Waals surface area contributed by atoms with E-state index in [9.17, 15) is 14.7 Å². The fourth-order valence-corrected chi connectivity index (χ4v) is 2.01. The molecular weight excluding hydrogens is 270 g/mol. The van der Waals surface area contributed by atoms with E-state index < -0.39 is 17.5 Å². The van der Waals surface area contributed by atoms with Crippen molar-refractivity contribution in [1.82, 2.24) is 5.32 Å². The quantitative estimate of drug-likeness (QED) is 0.870. The van der Waals surface area contributed by atoms with E-state index >= 15 is 0 Å². The topological polar surface area (TPSA) is 93.4 Å². The van der Waals surface area contributed by atoms with Gasteiger partial charge in [0.25, 0.3) is 0 Å². The zero-order chi connectivity index (χ0) is 16.0. The van der Waals surface area contributed by atoms with Crippen LogP contribution in [0.2, 0.25) is 0 Å². The molecule has 2 amide bonds. The van der Waals surface area contributed by atoms with Gasteiger partial charge in [-0.15, -0.1) is 0 Å². The second kappa shape index (κ2) is 6.75. The highest BCUT2D eigenvalue weighted by molar-refractivity contribution is 5.96. The van der Waals surface area contributed by atoms with Gasteiger partial charge in [-0.25, -0.2) is 9.59 Å². The number of anilines is 1. The van der Waals surface area contributed by atoms with Crippen molar-refractivity contribution in [2.45, 2.75) is 32.2 Å². The lowest BCUT2D eigenvalue weighted by molar-refractivity contribution is -0.144. The van der Waals surface area contributed by atoms with E-state index in [0.29, 0.717) is 24.1 Å². The fourth-order valence-electron chi connectivity index (χ4n) is 2.01. The van der Waals surface area contributed by atoms with Crippen molar-refractivity contribution >= 4 is 17.7 Å². The summed E-state index contributed by atoms with van der Waals surface area (Å²) in [6, 6.07) is 8.09. The normalized spacial score (nSPS) is 12.9. The molecule has 0 aliphatic carbocycles. The first-order valence-corrected chi connectivity index (χ1v) is 6.64. The van der Waals surface area contributed by atoms with Crippen molar-refractivity contribution in [3.05, 3.63) is 29.8 Å². The summed E-state index contributed by atoms with van der Waals surface area (Å²) in [5, 5.41) is 20.9. The van der Waals surface area contributed by atoms with Gasteiger partial charge in [0.1, 0.15) is 11.6 Å². The van der Waals surface area contributed by atoms with E-state index in [1.165, 1.54) is 18.9 Å². The van der Waals surface area contributed by atoms with Gasteiger partial charge in [-0.3, -0.25) is 4.90 Å². The highest BCUT2D eigenvalue weighted by Gasteiger charge is 2.35. The van der Waals surface area contributed by atoms with Crippen LogP contribution < -0.4 is 10.2 Å². The zero-order valence-corrected chi connectivity index (χ0v) is 12.4. The molecule has 0 aliphatic rings. The van der Waals surface area contributed by atoms with E-state index in [1.54, 1.807) is 24.3 Å². The van der Waals surface area contributed by atoms with Crippen LogP contribution in [-0.4, -0.2) is 29.7 Å². The summed E-state index contributed by atoms with van der Waals surface area (Å²) >= 11 is 0. The van der Waals surface area contributed by atoms with Gasteiger partial charge in [-0.05, 0) is 25.5 Å². The van der Waals surface area contributed by atoms with Crippen LogP contribution in [0.4, 0.5) is 10.5 Å². The van der Waals surface area contributed by atoms with Crippen LogP contribution in [0.1, 0.15) is 32.3 Å². The molecule has 0 spiro atoms. The van der Waals surface area contributed by atoms with Crippen molar-refractivity contribution in [2.75, 3.05) is 11.9 Å². The van der Waals surface area contributed by atoms with Gasteiger partial charge in [0.15, 0.2) is 0 Å². The lowest BCUT2D eigenvalue weighted by Gasteiger charge is -2.29. The summed E-state index contributed by atoms with van der Waals surface area (Å²) in [6.07, 6.45) is 0.948. The molecule has 0 aromatic heterocycles. The van der Waals surface area contributed by atoms with Crippen molar-refractivity contribution in [2.24, 2.45) is 0 Å². The average molecular weight is 289 g/mol. The number of nitrogens with one attached hydrogen (secondary N) is 1. The van der Waals surface area contributed by atoms with Crippen molar-refractivity contribution in [1.29, 1.82) is 5.26 Å². The number of carboxylic acids is 1. The average Bonchev–Trinajstić information content (AvgIpc) is 2.46. The molecule has 6 heteroatoms. The summed E-state index contributed by atoms with van der Waals surface area (Å²) in [5.74, 6) is -1.08. The Kier molecular flexibility index (Phi) is 5.30. The third-order valence-electron chi connectivity index (χ3n) is 3.30. The monoisotopic (exact) mass is 289 g/mol. The second-order valence-corrected chi connectivity index (χ2v) is 5.01. The Balaban J connectivity index is 2.98. The molecule has 0 saturated carbocycles. The Morgan fingerprint density at radius 1 is 1.43 bits per heavy atom. The lowest BCUT2D eigenvalue weighted by Crippen LogP contribution is -2.55. The van der Waals surface area contributed by atoms with Gasteiger partial charge in [-0.1, -0.05) is 25.5 Å². The minimum Gasteiger partial charge on any atom is -0.480 e. The number of carbonyl (C=O) groups is 2. The molecule has 0 aliphatic heterocycles. The number of para-hydroxylation sites is 1. The second-order valence-electron chi connectivity index (χ2n) is 5.01. The molecule has 1 unspecified atom stereocenters. The number of hydrogen-bond acceptors (Lipinski definition) is 3. The Bertz CT molecular complexity index is 580. The number of amides is 2. The molecule has 0 radical (unpaired) electrons. The number of aliphatic carboxylic acids is 1. The lowest BCUT2D eigenvalue weighted by atomic mass is 9.96. The minimum absolute atomic E-state index is 0.321. The largest absolute Gasteiger partial charge is 0.480 e. The number of nitrogens with zero attached hydrogens (tertiary/aromatic N) is 2. The molecule has 0 bridgehead atoms. The van der Waals surface area contributed by atoms with Crippen molar-refractivity contribution < 1.29 is 14.7 Å². The molecule has 6 nitrogen and oxygen atoms in total. The van der Waals surface area contributed by atoms with Crippen LogP contribution in [0.15, 0.2) is 24.3 Å². The Morgan fingerprint density at radius 2 is 2.05 bits per heavy atom. The molecule has 1 rings (SSSR count). The van der Waals surface area contributed by atoms with E-state index in [0.717, 1.165) is 0 Å². The molecule has 112 valence electrons. The zero-order valence-electron chi connectivity index (χ0n) is 12.4. The minimum atomic E-state index is -1.33. The maximum Gasteiger partial charge on any atom is 0.329 e. The third kappa shape index (κ3) is 3.72. The van der Waals surface area contributed by atoms with E-state index in [-0.39, 0.29) is 0 Å². The molecule has 1 aromatic rings. The number of nitriles is 1. The summed E-state index contributed by atoms with van der Waals surface area (Å²) in [7, 11) is 1.50. The molecular formula is C15H19N3O3. The molecule has 0 heterocycles.